The number of aryl methyl sites for hydroxylation is 1. The molecule has 88 valence electrons. The minimum atomic E-state index is -0.449. The molecular formula is C9H12N2O4S. The third kappa shape index (κ3) is 2.06. The van der Waals surface area contributed by atoms with Crippen LogP contribution in [0.15, 0.2) is 15.8 Å². The van der Waals surface area contributed by atoms with Crippen LogP contribution in [0.2, 0.25) is 0 Å². The first kappa shape index (κ1) is 11.4. The highest BCUT2D eigenvalue weighted by atomic mass is 32.2. The van der Waals surface area contributed by atoms with Crippen molar-refractivity contribution in [2.45, 2.75) is 17.7 Å². The number of hydrogen-bond donors (Lipinski definition) is 2. The summed E-state index contributed by atoms with van der Waals surface area (Å²) in [5.74, 6) is 0. The molecule has 2 N–H and O–H groups in total. The second-order valence-electron chi connectivity index (χ2n) is 3.51. The van der Waals surface area contributed by atoms with E-state index in [2.05, 4.69) is 4.98 Å². The molecule has 0 amide bonds. The van der Waals surface area contributed by atoms with Crippen molar-refractivity contribution in [1.82, 2.24) is 9.55 Å². The highest BCUT2D eigenvalue weighted by Gasteiger charge is 2.27. The fourth-order valence-electron chi connectivity index (χ4n) is 1.49. The molecule has 2 atom stereocenters. The Bertz CT molecular complexity index is 495. The summed E-state index contributed by atoms with van der Waals surface area (Å²) in [5.41, 5.74) is -0.643. The summed E-state index contributed by atoms with van der Waals surface area (Å²) in [7, 11) is 0. The van der Waals surface area contributed by atoms with Crippen molar-refractivity contribution in [1.29, 1.82) is 0 Å². The fraction of sp³-hybridized carbons (Fsp3) is 0.556. The first-order valence-corrected chi connectivity index (χ1v) is 5.76. The lowest BCUT2D eigenvalue weighted by Crippen LogP contribution is -2.32. The molecule has 1 aliphatic rings. The summed E-state index contributed by atoms with van der Waals surface area (Å²) in [6.45, 7) is 1.90. The lowest BCUT2D eigenvalue weighted by atomic mass is 10.4. The van der Waals surface area contributed by atoms with E-state index in [0.29, 0.717) is 12.2 Å². The largest absolute Gasteiger partial charge is 0.393 e. The zero-order valence-electron chi connectivity index (χ0n) is 8.67. The van der Waals surface area contributed by atoms with Crippen molar-refractivity contribution in [2.24, 2.45) is 0 Å². The van der Waals surface area contributed by atoms with Gasteiger partial charge in [-0.2, -0.15) is 0 Å². The number of ether oxygens (including phenoxy) is 1. The van der Waals surface area contributed by atoms with Crippen LogP contribution < -0.4 is 11.2 Å². The van der Waals surface area contributed by atoms with Crippen LogP contribution in [0.25, 0.3) is 0 Å². The predicted octanol–water partition coefficient (Wildman–Crippen LogP) is -0.575. The van der Waals surface area contributed by atoms with E-state index in [9.17, 15) is 9.59 Å². The quantitative estimate of drug-likeness (QED) is 0.727. The molecule has 0 spiro atoms. The number of rotatable bonds is 2. The molecule has 0 aromatic carbocycles. The smallest absolute Gasteiger partial charge is 0.329 e. The van der Waals surface area contributed by atoms with Gasteiger partial charge < -0.3 is 9.84 Å². The Balaban J connectivity index is 2.32. The third-order valence-corrected chi connectivity index (χ3v) is 3.60. The maximum absolute atomic E-state index is 11.6. The number of aromatic nitrogens is 2. The van der Waals surface area contributed by atoms with Crippen LogP contribution in [-0.2, 0) is 4.74 Å². The van der Waals surface area contributed by atoms with Crippen LogP contribution in [0, 0.1) is 6.92 Å². The number of aromatic amines is 1. The van der Waals surface area contributed by atoms with Gasteiger partial charge in [0.2, 0.25) is 0 Å². The molecule has 2 heterocycles. The molecular weight excluding hydrogens is 232 g/mol. The monoisotopic (exact) mass is 244 g/mol. The van der Waals surface area contributed by atoms with Crippen molar-refractivity contribution in [3.8, 4) is 0 Å². The molecule has 1 aromatic rings. The molecule has 1 saturated heterocycles. The van der Waals surface area contributed by atoms with Gasteiger partial charge in [-0.1, -0.05) is 0 Å². The molecule has 16 heavy (non-hydrogen) atoms. The first-order valence-electron chi connectivity index (χ1n) is 4.82. The van der Waals surface area contributed by atoms with E-state index in [1.54, 1.807) is 6.92 Å². The molecule has 0 bridgehead atoms. The molecule has 1 fully saturated rings. The molecule has 1 aliphatic heterocycles. The van der Waals surface area contributed by atoms with Crippen LogP contribution in [0.4, 0.5) is 0 Å². The number of nitrogens with zero attached hydrogens (tertiary/aromatic N) is 1. The number of H-pyrrole nitrogens is 1. The Morgan fingerprint density at radius 2 is 2.44 bits per heavy atom. The van der Waals surface area contributed by atoms with Crippen molar-refractivity contribution in [3.05, 3.63) is 32.6 Å². The summed E-state index contributed by atoms with van der Waals surface area (Å²) >= 11 is 1.36. The number of aliphatic hydroxyl groups excluding tert-OH is 1. The normalized spacial score (nSPS) is 24.9. The van der Waals surface area contributed by atoms with Gasteiger partial charge in [0.25, 0.3) is 5.56 Å². The van der Waals surface area contributed by atoms with Gasteiger partial charge in [0.05, 0.1) is 13.2 Å². The van der Waals surface area contributed by atoms with Crippen LogP contribution in [-0.4, -0.2) is 33.3 Å². The Morgan fingerprint density at radius 3 is 3.06 bits per heavy atom. The summed E-state index contributed by atoms with van der Waals surface area (Å²) in [5, 5.41) is 8.71. The first-order chi connectivity index (χ1) is 7.61. The number of aliphatic hydroxyl groups is 1. The van der Waals surface area contributed by atoms with E-state index >= 15 is 0 Å². The van der Waals surface area contributed by atoms with E-state index < -0.39 is 5.69 Å². The molecule has 0 radical (unpaired) electrons. The predicted molar refractivity (Wildman–Crippen MR) is 59.5 cm³/mol. The fourth-order valence-corrected chi connectivity index (χ4v) is 2.52. The third-order valence-electron chi connectivity index (χ3n) is 2.34. The van der Waals surface area contributed by atoms with Crippen molar-refractivity contribution in [2.75, 3.05) is 13.2 Å². The van der Waals surface area contributed by atoms with Gasteiger partial charge >= 0.3 is 5.69 Å². The van der Waals surface area contributed by atoms with E-state index in [4.69, 9.17) is 9.84 Å². The van der Waals surface area contributed by atoms with Crippen molar-refractivity contribution >= 4 is 11.8 Å². The Morgan fingerprint density at radius 1 is 1.69 bits per heavy atom. The lowest BCUT2D eigenvalue weighted by molar-refractivity contribution is 0.0803. The van der Waals surface area contributed by atoms with Crippen LogP contribution in [0.5, 0.6) is 0 Å². The van der Waals surface area contributed by atoms with Gasteiger partial charge in [-0.25, -0.2) is 4.79 Å². The van der Waals surface area contributed by atoms with Gasteiger partial charge in [0, 0.05) is 11.8 Å². The second-order valence-corrected chi connectivity index (χ2v) is 4.86. The highest BCUT2D eigenvalue weighted by Crippen LogP contribution is 2.33. The maximum Gasteiger partial charge on any atom is 0.329 e. The maximum atomic E-state index is 11.6. The SMILES string of the molecule is Cc1cn(C2COC(CO)S2)c(=O)[nH]c1=O. The Hall–Kier alpha value is -1.05. The van der Waals surface area contributed by atoms with E-state index in [1.165, 1.54) is 22.5 Å². The summed E-state index contributed by atoms with van der Waals surface area (Å²) in [4.78, 5) is 25.0. The average Bonchev–Trinajstić information content (AvgIpc) is 2.71. The summed E-state index contributed by atoms with van der Waals surface area (Å²) in [6.07, 6.45) is 1.52. The standard InChI is InChI=1S/C9H12N2O4S/c1-5-2-11(9(14)10-8(5)13)6-4-15-7(3-12)16-6/h2,6-7,12H,3-4H2,1H3,(H,10,13,14). The molecule has 0 aliphatic carbocycles. The van der Waals surface area contributed by atoms with Crippen LogP contribution in [0.1, 0.15) is 10.9 Å². The molecule has 7 heteroatoms. The molecule has 2 unspecified atom stereocenters. The zero-order chi connectivity index (χ0) is 11.7. The van der Waals surface area contributed by atoms with Gasteiger partial charge in [-0.05, 0) is 6.92 Å². The summed E-state index contributed by atoms with van der Waals surface area (Å²) < 4.78 is 6.68. The van der Waals surface area contributed by atoms with Crippen molar-refractivity contribution < 1.29 is 9.84 Å². The van der Waals surface area contributed by atoms with E-state index in [0.717, 1.165) is 0 Å². The van der Waals surface area contributed by atoms with Gasteiger partial charge in [-0.15, -0.1) is 11.8 Å². The molecule has 6 nitrogen and oxygen atoms in total. The van der Waals surface area contributed by atoms with Crippen LogP contribution in [0.3, 0.4) is 0 Å². The lowest BCUT2D eigenvalue weighted by Gasteiger charge is -2.11. The van der Waals surface area contributed by atoms with Gasteiger partial charge in [0.1, 0.15) is 10.8 Å². The number of nitrogens with one attached hydrogen (secondary N) is 1. The average molecular weight is 244 g/mol. The van der Waals surface area contributed by atoms with Crippen LogP contribution >= 0.6 is 11.8 Å². The number of hydrogen-bond acceptors (Lipinski definition) is 5. The highest BCUT2D eigenvalue weighted by molar-refractivity contribution is 8.00. The second kappa shape index (κ2) is 4.44. The van der Waals surface area contributed by atoms with Gasteiger partial charge in [-0.3, -0.25) is 14.3 Å². The minimum absolute atomic E-state index is 0.0851. The van der Waals surface area contributed by atoms with E-state index in [1.807, 2.05) is 0 Å². The Kier molecular flexibility index (Phi) is 3.17. The molecule has 2 rings (SSSR count). The number of thioether (sulfide) groups is 1. The molecule has 1 aromatic heterocycles. The molecule has 0 saturated carbocycles. The van der Waals surface area contributed by atoms with Crippen molar-refractivity contribution in [3.63, 3.8) is 0 Å². The van der Waals surface area contributed by atoms with Gasteiger partial charge in [0.15, 0.2) is 0 Å². The Labute approximate surface area is 95.3 Å². The topological polar surface area (TPSA) is 84.3 Å². The minimum Gasteiger partial charge on any atom is -0.393 e. The summed E-state index contributed by atoms with van der Waals surface area (Å²) in [6, 6.07) is 0. The zero-order valence-corrected chi connectivity index (χ0v) is 9.49. The van der Waals surface area contributed by atoms with E-state index in [-0.39, 0.29) is 23.0 Å².